The van der Waals surface area contributed by atoms with E-state index in [9.17, 15) is 0 Å². The van der Waals surface area contributed by atoms with Crippen molar-refractivity contribution in [2.24, 2.45) is 5.92 Å². The summed E-state index contributed by atoms with van der Waals surface area (Å²) < 4.78 is 0. The molecule has 0 unspecified atom stereocenters. The van der Waals surface area contributed by atoms with Crippen molar-refractivity contribution >= 4 is 0 Å². The summed E-state index contributed by atoms with van der Waals surface area (Å²) in [7, 11) is 2.14. The maximum atomic E-state index is 3.31. The molecule has 1 N–H and O–H groups in total. The maximum absolute atomic E-state index is 3.31. The number of hydrogen-bond donors (Lipinski definition) is 1. The molecule has 2 heteroatoms. The molecule has 0 aromatic rings. The van der Waals surface area contributed by atoms with E-state index in [-0.39, 0.29) is 0 Å². The standard InChI is InChI=1S/C6H12N2/c1-8-6-2-5(3-6)4-7-8/h5-7H,2-4H2,1H3. The highest BCUT2D eigenvalue weighted by Crippen LogP contribution is 2.32. The summed E-state index contributed by atoms with van der Waals surface area (Å²) >= 11 is 0. The molecule has 2 heterocycles. The molecule has 1 aliphatic carbocycles. The molecule has 0 aromatic heterocycles. The van der Waals surface area contributed by atoms with Crippen LogP contribution in [-0.4, -0.2) is 24.6 Å². The van der Waals surface area contributed by atoms with Gasteiger partial charge in [0.15, 0.2) is 0 Å². The van der Waals surface area contributed by atoms with E-state index in [0.29, 0.717) is 0 Å². The first-order valence-electron chi connectivity index (χ1n) is 3.32. The number of hydrazine groups is 1. The monoisotopic (exact) mass is 112 g/mol. The first kappa shape index (κ1) is 4.77. The first-order chi connectivity index (χ1) is 3.86. The highest BCUT2D eigenvalue weighted by Gasteiger charge is 2.36. The third-order valence-corrected chi connectivity index (χ3v) is 2.39. The van der Waals surface area contributed by atoms with Gasteiger partial charge in [-0.05, 0) is 18.8 Å². The Morgan fingerprint density at radius 1 is 1.50 bits per heavy atom. The SMILES string of the molecule is CN1NCC2CC1C2. The van der Waals surface area contributed by atoms with Crippen molar-refractivity contribution < 1.29 is 0 Å². The van der Waals surface area contributed by atoms with Gasteiger partial charge in [-0.1, -0.05) is 0 Å². The van der Waals surface area contributed by atoms with Crippen LogP contribution in [0.1, 0.15) is 12.8 Å². The highest BCUT2D eigenvalue weighted by atomic mass is 15.5. The Morgan fingerprint density at radius 3 is 2.50 bits per heavy atom. The van der Waals surface area contributed by atoms with Crippen molar-refractivity contribution in [3.63, 3.8) is 0 Å². The molecule has 2 nitrogen and oxygen atoms in total. The third kappa shape index (κ3) is 0.501. The normalized spacial score (nSPS) is 46.1. The molecule has 1 saturated carbocycles. The molecule has 0 spiro atoms. The molecule has 0 radical (unpaired) electrons. The summed E-state index contributed by atoms with van der Waals surface area (Å²) in [6.45, 7) is 1.22. The topological polar surface area (TPSA) is 15.3 Å². The van der Waals surface area contributed by atoms with Crippen LogP contribution in [0.5, 0.6) is 0 Å². The van der Waals surface area contributed by atoms with Crippen molar-refractivity contribution in [1.29, 1.82) is 0 Å². The second-order valence-electron chi connectivity index (χ2n) is 2.96. The van der Waals surface area contributed by atoms with Gasteiger partial charge in [0.25, 0.3) is 0 Å². The van der Waals surface area contributed by atoms with Crippen LogP contribution in [-0.2, 0) is 0 Å². The second-order valence-corrected chi connectivity index (χ2v) is 2.96. The van der Waals surface area contributed by atoms with Gasteiger partial charge < -0.3 is 0 Å². The Bertz CT molecular complexity index is 91.2. The molecule has 0 aromatic carbocycles. The average molecular weight is 112 g/mol. The summed E-state index contributed by atoms with van der Waals surface area (Å²) in [5, 5.41) is 2.25. The van der Waals surface area contributed by atoms with Gasteiger partial charge >= 0.3 is 0 Å². The summed E-state index contributed by atoms with van der Waals surface area (Å²) in [5.41, 5.74) is 3.31. The van der Waals surface area contributed by atoms with Crippen LogP contribution in [0.3, 0.4) is 0 Å². The van der Waals surface area contributed by atoms with Crippen molar-refractivity contribution in [1.82, 2.24) is 10.4 Å². The van der Waals surface area contributed by atoms with E-state index in [2.05, 4.69) is 17.5 Å². The van der Waals surface area contributed by atoms with E-state index < -0.39 is 0 Å². The summed E-state index contributed by atoms with van der Waals surface area (Å²) in [5.74, 6) is 1.01. The van der Waals surface area contributed by atoms with Crippen LogP contribution < -0.4 is 5.43 Å². The Balaban J connectivity index is 2.01. The number of fused-ring (bicyclic) bond motifs is 2. The Kier molecular flexibility index (Phi) is 0.866. The van der Waals surface area contributed by atoms with E-state index in [0.717, 1.165) is 12.0 Å². The highest BCUT2D eigenvalue weighted by molar-refractivity contribution is 4.89. The first-order valence-corrected chi connectivity index (χ1v) is 3.32. The lowest BCUT2D eigenvalue weighted by Gasteiger charge is -2.47. The van der Waals surface area contributed by atoms with Crippen LogP contribution in [0.4, 0.5) is 0 Å². The molecule has 3 fully saturated rings. The van der Waals surface area contributed by atoms with Crippen LogP contribution in [0.2, 0.25) is 0 Å². The van der Waals surface area contributed by atoms with Crippen molar-refractivity contribution in [2.45, 2.75) is 18.9 Å². The summed E-state index contributed by atoms with van der Waals surface area (Å²) in [4.78, 5) is 0. The average Bonchev–Trinajstić information content (AvgIpc) is 1.62. The fraction of sp³-hybridized carbons (Fsp3) is 1.00. The van der Waals surface area contributed by atoms with Gasteiger partial charge in [0.05, 0.1) is 0 Å². The molecule has 2 aliphatic heterocycles. The van der Waals surface area contributed by atoms with Gasteiger partial charge in [-0.2, -0.15) is 0 Å². The van der Waals surface area contributed by atoms with Crippen LogP contribution >= 0.6 is 0 Å². The molecule has 0 amide bonds. The van der Waals surface area contributed by atoms with Crippen molar-refractivity contribution in [2.75, 3.05) is 13.6 Å². The predicted octanol–water partition coefficient (Wildman–Crippen LogP) is 0.215. The van der Waals surface area contributed by atoms with Gasteiger partial charge in [-0.15, -0.1) is 0 Å². The lowest BCUT2D eigenvalue weighted by atomic mass is 9.78. The molecule has 2 saturated heterocycles. The van der Waals surface area contributed by atoms with Crippen molar-refractivity contribution in [3.8, 4) is 0 Å². The number of nitrogens with one attached hydrogen (secondary N) is 1. The number of nitrogens with zero attached hydrogens (tertiary/aromatic N) is 1. The third-order valence-electron chi connectivity index (χ3n) is 2.39. The van der Waals surface area contributed by atoms with Gasteiger partial charge in [-0.3, -0.25) is 5.43 Å². The fourth-order valence-electron chi connectivity index (χ4n) is 1.59. The van der Waals surface area contributed by atoms with E-state index in [4.69, 9.17) is 0 Å². The minimum atomic E-state index is 0.869. The molecule has 46 valence electrons. The Morgan fingerprint density at radius 2 is 2.25 bits per heavy atom. The predicted molar refractivity (Wildman–Crippen MR) is 32.3 cm³/mol. The zero-order valence-electron chi connectivity index (χ0n) is 5.22. The Labute approximate surface area is 49.8 Å². The second kappa shape index (κ2) is 1.45. The molecule has 3 aliphatic rings. The molecule has 8 heavy (non-hydrogen) atoms. The fourth-order valence-corrected chi connectivity index (χ4v) is 1.59. The van der Waals surface area contributed by atoms with Crippen LogP contribution in [0.25, 0.3) is 0 Å². The molecular weight excluding hydrogens is 100 g/mol. The zero-order chi connectivity index (χ0) is 5.56. The minimum absolute atomic E-state index is 0.869. The lowest BCUT2D eigenvalue weighted by Crippen LogP contribution is -2.58. The quantitative estimate of drug-likeness (QED) is 0.482. The molecule has 0 atom stereocenters. The molecule has 2 bridgehead atoms. The smallest absolute Gasteiger partial charge is 0.0246 e. The van der Waals surface area contributed by atoms with Crippen LogP contribution in [0, 0.1) is 5.92 Å². The van der Waals surface area contributed by atoms with Crippen molar-refractivity contribution in [3.05, 3.63) is 0 Å². The molecule has 3 rings (SSSR count). The van der Waals surface area contributed by atoms with Gasteiger partial charge in [0, 0.05) is 19.6 Å². The lowest BCUT2D eigenvalue weighted by molar-refractivity contribution is -0.00659. The zero-order valence-corrected chi connectivity index (χ0v) is 5.22. The van der Waals surface area contributed by atoms with Gasteiger partial charge in [0.2, 0.25) is 0 Å². The Hall–Kier alpha value is -0.0800. The van der Waals surface area contributed by atoms with Gasteiger partial charge in [0.1, 0.15) is 0 Å². The summed E-state index contributed by atoms with van der Waals surface area (Å²) in [6.07, 6.45) is 2.87. The number of hydrogen-bond acceptors (Lipinski definition) is 2. The number of rotatable bonds is 0. The van der Waals surface area contributed by atoms with Gasteiger partial charge in [-0.25, -0.2) is 5.01 Å². The van der Waals surface area contributed by atoms with E-state index >= 15 is 0 Å². The molecular formula is C6H12N2. The van der Waals surface area contributed by atoms with E-state index in [1.807, 2.05) is 0 Å². The largest absolute Gasteiger partial charge is 0.255 e. The minimum Gasteiger partial charge on any atom is -0.255 e. The maximum Gasteiger partial charge on any atom is 0.0246 e. The van der Waals surface area contributed by atoms with E-state index in [1.54, 1.807) is 0 Å². The van der Waals surface area contributed by atoms with Crippen LogP contribution in [0.15, 0.2) is 0 Å². The van der Waals surface area contributed by atoms with E-state index in [1.165, 1.54) is 19.4 Å². The summed E-state index contributed by atoms with van der Waals surface area (Å²) in [6, 6.07) is 0.869.